The van der Waals surface area contributed by atoms with Gasteiger partial charge in [0.05, 0.1) is 44.6 Å². The molecule has 3 N–H and O–H groups in total. The predicted octanol–water partition coefficient (Wildman–Crippen LogP) is 5.93. The van der Waals surface area contributed by atoms with Gasteiger partial charge in [-0.05, 0) is 60.7 Å². The third-order valence-electron chi connectivity index (χ3n) is 5.96. The average molecular weight is 615 g/mol. The van der Waals surface area contributed by atoms with E-state index in [1.54, 1.807) is 24.3 Å². The van der Waals surface area contributed by atoms with Gasteiger partial charge in [-0.2, -0.15) is 0 Å². The Kier molecular flexibility index (Phi) is 9.18. The molecular formula is C29H27ClN2O9S. The number of aromatic hydroxyl groups is 1. The van der Waals surface area contributed by atoms with E-state index in [0.29, 0.717) is 28.0 Å². The van der Waals surface area contributed by atoms with Crippen molar-refractivity contribution in [2.45, 2.75) is 4.90 Å². The van der Waals surface area contributed by atoms with Crippen LogP contribution < -0.4 is 33.7 Å². The number of rotatable bonds is 11. The van der Waals surface area contributed by atoms with Crippen LogP contribution in [0.3, 0.4) is 0 Å². The highest BCUT2D eigenvalue weighted by Crippen LogP contribution is 2.42. The number of halogens is 1. The van der Waals surface area contributed by atoms with Crippen molar-refractivity contribution < 1.29 is 42.0 Å². The minimum Gasteiger partial charge on any atom is -0.502 e. The largest absolute Gasteiger partial charge is 0.502 e. The van der Waals surface area contributed by atoms with Gasteiger partial charge in [0.25, 0.3) is 15.9 Å². The van der Waals surface area contributed by atoms with Crippen molar-refractivity contribution >= 4 is 38.9 Å². The monoisotopic (exact) mass is 614 g/mol. The number of carbonyl (C=O) groups is 1. The van der Waals surface area contributed by atoms with E-state index >= 15 is 0 Å². The van der Waals surface area contributed by atoms with Crippen LogP contribution in [0, 0.1) is 0 Å². The first-order valence-electron chi connectivity index (χ1n) is 12.2. The summed E-state index contributed by atoms with van der Waals surface area (Å²) in [5.41, 5.74) is 0.500. The van der Waals surface area contributed by atoms with E-state index in [1.165, 1.54) is 77.0 Å². The van der Waals surface area contributed by atoms with Crippen LogP contribution in [0.15, 0.2) is 77.7 Å². The Morgan fingerprint density at radius 2 is 1.45 bits per heavy atom. The summed E-state index contributed by atoms with van der Waals surface area (Å²) < 4.78 is 55.2. The standard InChI is InChI=1S/C29H27ClN2O9S/c1-37-19-8-13-23(26(16-19)39-3)41-25-15-17(30)5-11-21(25)29(34)31-18-6-9-20(10-7-18)42(35,36)32-22-12-14-24(38-2)27(33)28(22)40-4/h5-16,32-33H,1-4H3,(H,31,34). The first kappa shape index (κ1) is 30.2. The summed E-state index contributed by atoms with van der Waals surface area (Å²) in [4.78, 5) is 13.1. The van der Waals surface area contributed by atoms with Crippen molar-refractivity contribution in [3.05, 3.63) is 83.4 Å². The maximum Gasteiger partial charge on any atom is 0.262 e. The van der Waals surface area contributed by atoms with Crippen LogP contribution in [0.2, 0.25) is 5.02 Å². The lowest BCUT2D eigenvalue weighted by molar-refractivity contribution is 0.102. The molecule has 4 aromatic carbocycles. The van der Waals surface area contributed by atoms with Crippen molar-refractivity contribution in [2.75, 3.05) is 38.5 Å². The topological polar surface area (TPSA) is 142 Å². The smallest absolute Gasteiger partial charge is 0.262 e. The van der Waals surface area contributed by atoms with E-state index in [2.05, 4.69) is 10.0 Å². The van der Waals surface area contributed by atoms with E-state index in [-0.39, 0.29) is 39.1 Å². The Bertz CT molecular complexity index is 1710. The number of amides is 1. The molecule has 42 heavy (non-hydrogen) atoms. The lowest BCUT2D eigenvalue weighted by Gasteiger charge is -2.15. The highest BCUT2D eigenvalue weighted by atomic mass is 35.5. The number of methoxy groups -OCH3 is 4. The summed E-state index contributed by atoms with van der Waals surface area (Å²) in [6.45, 7) is 0. The summed E-state index contributed by atoms with van der Waals surface area (Å²) in [5, 5.41) is 13.3. The third kappa shape index (κ3) is 6.56. The van der Waals surface area contributed by atoms with Gasteiger partial charge in [0.15, 0.2) is 23.0 Å². The summed E-state index contributed by atoms with van der Waals surface area (Å²) >= 11 is 6.18. The van der Waals surface area contributed by atoms with E-state index in [0.717, 1.165) is 0 Å². The van der Waals surface area contributed by atoms with Crippen LogP contribution in [0.5, 0.6) is 40.2 Å². The quantitative estimate of drug-likeness (QED) is 0.187. The van der Waals surface area contributed by atoms with Gasteiger partial charge in [-0.3, -0.25) is 9.52 Å². The van der Waals surface area contributed by atoms with E-state index in [9.17, 15) is 18.3 Å². The maximum atomic E-state index is 13.2. The minimum absolute atomic E-state index is 0.0111. The summed E-state index contributed by atoms with van der Waals surface area (Å²) in [6.07, 6.45) is 0. The van der Waals surface area contributed by atoms with E-state index in [1.807, 2.05) is 0 Å². The molecule has 0 aromatic heterocycles. The fourth-order valence-corrected chi connectivity index (χ4v) is 5.09. The Balaban J connectivity index is 1.53. The Hall–Kier alpha value is -4.81. The number of phenols is 1. The molecule has 0 bridgehead atoms. The Labute approximate surface area is 247 Å². The zero-order chi connectivity index (χ0) is 30.4. The summed E-state index contributed by atoms with van der Waals surface area (Å²) in [7, 11) is 1.56. The molecule has 11 nitrogen and oxygen atoms in total. The molecule has 0 unspecified atom stereocenters. The van der Waals surface area contributed by atoms with Gasteiger partial charge in [0.2, 0.25) is 5.75 Å². The third-order valence-corrected chi connectivity index (χ3v) is 7.58. The van der Waals surface area contributed by atoms with Crippen LogP contribution >= 0.6 is 11.6 Å². The van der Waals surface area contributed by atoms with Crippen LogP contribution in [0.1, 0.15) is 10.4 Å². The van der Waals surface area contributed by atoms with Gasteiger partial charge < -0.3 is 34.1 Å². The second kappa shape index (κ2) is 12.8. The Morgan fingerprint density at radius 3 is 2.10 bits per heavy atom. The van der Waals surface area contributed by atoms with Gasteiger partial charge in [0, 0.05) is 22.8 Å². The lowest BCUT2D eigenvalue weighted by atomic mass is 10.1. The number of ether oxygens (including phenoxy) is 5. The first-order chi connectivity index (χ1) is 20.1. The van der Waals surface area contributed by atoms with Crippen molar-refractivity contribution in [1.82, 2.24) is 0 Å². The van der Waals surface area contributed by atoms with Gasteiger partial charge in [-0.1, -0.05) is 11.6 Å². The minimum atomic E-state index is -4.09. The maximum absolute atomic E-state index is 13.2. The van der Waals surface area contributed by atoms with Gasteiger partial charge in [-0.25, -0.2) is 8.42 Å². The van der Waals surface area contributed by atoms with Crippen molar-refractivity contribution in [3.63, 3.8) is 0 Å². The molecule has 0 atom stereocenters. The van der Waals surface area contributed by atoms with Crippen molar-refractivity contribution in [3.8, 4) is 40.2 Å². The molecule has 0 spiro atoms. The normalized spacial score (nSPS) is 10.9. The molecule has 0 fully saturated rings. The molecule has 220 valence electrons. The average Bonchev–Trinajstić information content (AvgIpc) is 2.97. The molecule has 13 heteroatoms. The molecular weight excluding hydrogens is 588 g/mol. The number of benzene rings is 4. The van der Waals surface area contributed by atoms with Crippen molar-refractivity contribution in [2.24, 2.45) is 0 Å². The number of sulfonamides is 1. The number of hydrogen-bond acceptors (Lipinski definition) is 9. The van der Waals surface area contributed by atoms with Crippen LogP contribution in [-0.2, 0) is 10.0 Å². The molecule has 0 heterocycles. The Morgan fingerprint density at radius 1 is 0.762 bits per heavy atom. The van der Waals surface area contributed by atoms with Crippen LogP contribution in [0.25, 0.3) is 0 Å². The number of nitrogens with one attached hydrogen (secondary N) is 2. The summed E-state index contributed by atoms with van der Waals surface area (Å²) in [6, 6.07) is 17.8. The lowest BCUT2D eigenvalue weighted by Crippen LogP contribution is -2.15. The van der Waals surface area contributed by atoms with Gasteiger partial charge in [0.1, 0.15) is 11.5 Å². The molecule has 0 aliphatic rings. The molecule has 0 aliphatic heterocycles. The van der Waals surface area contributed by atoms with Crippen LogP contribution in [0.4, 0.5) is 11.4 Å². The fraction of sp³-hybridized carbons (Fsp3) is 0.138. The number of carbonyl (C=O) groups excluding carboxylic acids is 1. The molecule has 0 aliphatic carbocycles. The fourth-order valence-electron chi connectivity index (χ4n) is 3.87. The van der Waals surface area contributed by atoms with Gasteiger partial charge >= 0.3 is 0 Å². The number of hydrogen-bond donors (Lipinski definition) is 3. The molecule has 1 amide bonds. The number of phenolic OH excluding ortho intramolecular Hbond substituents is 1. The first-order valence-corrected chi connectivity index (χ1v) is 14.0. The zero-order valence-corrected chi connectivity index (χ0v) is 24.5. The highest BCUT2D eigenvalue weighted by Gasteiger charge is 2.21. The molecule has 4 aromatic rings. The highest BCUT2D eigenvalue weighted by molar-refractivity contribution is 7.92. The SMILES string of the molecule is COc1ccc(Oc2cc(Cl)ccc2C(=O)Nc2ccc(S(=O)(=O)Nc3ccc(OC)c(O)c3OC)cc2)c(OC)c1. The van der Waals surface area contributed by atoms with Gasteiger partial charge in [-0.15, -0.1) is 0 Å². The number of anilines is 2. The van der Waals surface area contributed by atoms with Crippen molar-refractivity contribution in [1.29, 1.82) is 0 Å². The second-order valence-electron chi connectivity index (χ2n) is 8.54. The molecule has 0 saturated heterocycles. The van der Waals surface area contributed by atoms with Crippen LogP contribution in [-0.4, -0.2) is 47.9 Å². The molecule has 0 saturated carbocycles. The van der Waals surface area contributed by atoms with E-state index < -0.39 is 15.9 Å². The predicted molar refractivity (Wildman–Crippen MR) is 157 cm³/mol. The van der Waals surface area contributed by atoms with E-state index in [4.69, 9.17) is 35.3 Å². The zero-order valence-electron chi connectivity index (χ0n) is 22.9. The second-order valence-corrected chi connectivity index (χ2v) is 10.7. The summed E-state index contributed by atoms with van der Waals surface area (Å²) in [5.74, 6) is 0.582. The molecule has 0 radical (unpaired) electrons. The molecule has 4 rings (SSSR count).